The van der Waals surface area contributed by atoms with Crippen molar-refractivity contribution >= 4 is 11.4 Å². The van der Waals surface area contributed by atoms with Crippen LogP contribution >= 0.6 is 0 Å². The molecule has 2 unspecified atom stereocenters. The van der Waals surface area contributed by atoms with Gasteiger partial charge < -0.3 is 19.3 Å². The molecule has 0 bridgehead atoms. The molecule has 2 aliphatic rings. The van der Waals surface area contributed by atoms with E-state index in [-0.39, 0.29) is 0 Å². The van der Waals surface area contributed by atoms with Crippen molar-refractivity contribution in [1.29, 1.82) is 0 Å². The molecule has 0 saturated carbocycles. The zero-order valence-electron chi connectivity index (χ0n) is 41.6. The summed E-state index contributed by atoms with van der Waals surface area (Å²) in [6.07, 6.45) is 28.5. The second-order valence-electron chi connectivity index (χ2n) is 19.2. The third kappa shape index (κ3) is 10.7. The van der Waals surface area contributed by atoms with Crippen molar-refractivity contribution < 1.29 is 9.47 Å². The van der Waals surface area contributed by atoms with E-state index in [1.54, 1.807) is 14.2 Å². The molecule has 0 radical (unpaired) electrons. The summed E-state index contributed by atoms with van der Waals surface area (Å²) >= 11 is 0. The van der Waals surface area contributed by atoms with Gasteiger partial charge in [-0.25, -0.2) is 0 Å². The number of nitrogens with zero attached hydrogens (tertiary/aromatic N) is 2. The van der Waals surface area contributed by atoms with Gasteiger partial charge in [0, 0.05) is 11.4 Å². The lowest BCUT2D eigenvalue weighted by Gasteiger charge is -2.43. The number of aryl methyl sites for hydroxylation is 2. The Balaban J connectivity index is 1.24. The van der Waals surface area contributed by atoms with Crippen LogP contribution in [0.5, 0.6) is 11.5 Å². The third-order valence-electron chi connectivity index (χ3n) is 14.7. The lowest BCUT2D eigenvalue weighted by Crippen LogP contribution is -2.43. The lowest BCUT2D eigenvalue weighted by molar-refractivity contribution is 0.414. The van der Waals surface area contributed by atoms with Gasteiger partial charge in [-0.05, 0) is 120 Å². The lowest BCUT2D eigenvalue weighted by atomic mass is 9.79. The maximum Gasteiger partial charge on any atom is 0.118 e. The Labute approximate surface area is 409 Å². The maximum absolute atomic E-state index is 5.76. The van der Waals surface area contributed by atoms with Crippen molar-refractivity contribution in [2.24, 2.45) is 0 Å². The van der Waals surface area contributed by atoms with E-state index in [9.17, 15) is 0 Å². The summed E-state index contributed by atoms with van der Waals surface area (Å²) < 4.78 is 11.5. The van der Waals surface area contributed by atoms with Gasteiger partial charge in [-0.2, -0.15) is 0 Å². The Bertz CT molecular complexity index is 2320. The van der Waals surface area contributed by atoms with Crippen LogP contribution in [-0.4, -0.2) is 14.2 Å². The highest BCUT2D eigenvalue weighted by Crippen LogP contribution is 2.59. The first-order chi connectivity index (χ1) is 33.5. The number of fused-ring (bicyclic) bond motifs is 1. The number of unbranched alkanes of at least 4 members (excludes halogenated alkanes) is 14. The van der Waals surface area contributed by atoms with Gasteiger partial charge in [-0.15, -0.1) is 0 Å². The highest BCUT2D eigenvalue weighted by Gasteiger charge is 2.56. The summed E-state index contributed by atoms with van der Waals surface area (Å²) in [7, 11) is 3.49. The number of hydrogen-bond acceptors (Lipinski definition) is 4. The van der Waals surface area contributed by atoms with Gasteiger partial charge in [0.1, 0.15) is 22.6 Å². The Morgan fingerprint density at radius 1 is 0.338 bits per heavy atom. The van der Waals surface area contributed by atoms with Gasteiger partial charge in [-0.3, -0.25) is 0 Å². The van der Waals surface area contributed by atoms with Crippen LogP contribution in [0.4, 0.5) is 11.4 Å². The largest absolute Gasteiger partial charge is 0.497 e. The van der Waals surface area contributed by atoms with Gasteiger partial charge in [0.05, 0.1) is 25.6 Å². The van der Waals surface area contributed by atoms with E-state index in [4.69, 9.17) is 9.47 Å². The second-order valence-corrected chi connectivity index (χ2v) is 19.2. The van der Waals surface area contributed by atoms with Gasteiger partial charge in [0.2, 0.25) is 0 Å². The fraction of sp³-hybridized carbons (Fsp3) is 0.375. The molecule has 6 aromatic carbocycles. The summed E-state index contributed by atoms with van der Waals surface area (Å²) in [5.41, 5.74) is 10.8. The molecule has 4 heteroatoms. The number of benzene rings is 6. The standard InChI is InChI=1S/C64H76N2O2/c1-5-7-9-11-13-15-17-21-27-51-33-41-57(42-34-51)65-61-49-64(54-31-25-20-26-32-54,56-39-47-60(68-4)48-40-56)66(58-43-35-52(36-44-58)28-22-18-16-14-12-10-8-6-2)62(61)50-63(65,53-29-23-19-24-30-53)55-37-45-59(67-3)46-38-55/h19-20,23-26,29-50H,5-18,21-22,27-28H2,1-4H3. The number of methoxy groups -OCH3 is 2. The summed E-state index contributed by atoms with van der Waals surface area (Å²) in [5.74, 6) is 1.69. The van der Waals surface area contributed by atoms with E-state index < -0.39 is 11.1 Å². The van der Waals surface area contributed by atoms with Gasteiger partial charge in [0.25, 0.3) is 0 Å². The normalized spacial score (nSPS) is 17.5. The van der Waals surface area contributed by atoms with Crippen LogP contribution in [0.3, 0.4) is 0 Å². The molecule has 2 heterocycles. The van der Waals surface area contributed by atoms with Crippen molar-refractivity contribution in [3.63, 3.8) is 0 Å². The number of ether oxygens (including phenoxy) is 2. The molecule has 0 spiro atoms. The monoisotopic (exact) mass is 905 g/mol. The molecular formula is C64H76N2O2. The zero-order valence-corrected chi connectivity index (χ0v) is 41.6. The smallest absolute Gasteiger partial charge is 0.118 e. The zero-order chi connectivity index (χ0) is 47.0. The van der Waals surface area contributed by atoms with Gasteiger partial charge >= 0.3 is 0 Å². The minimum atomic E-state index is -0.689. The maximum atomic E-state index is 5.76. The van der Waals surface area contributed by atoms with E-state index in [1.165, 1.54) is 148 Å². The molecule has 8 rings (SSSR count). The van der Waals surface area contributed by atoms with Crippen LogP contribution < -0.4 is 19.3 Å². The van der Waals surface area contributed by atoms with Crippen molar-refractivity contribution in [3.8, 4) is 11.5 Å². The number of hydrogen-bond donors (Lipinski definition) is 0. The summed E-state index contributed by atoms with van der Waals surface area (Å²) in [6.45, 7) is 4.59. The number of rotatable bonds is 26. The molecule has 0 fully saturated rings. The Morgan fingerprint density at radius 3 is 0.971 bits per heavy atom. The molecule has 6 aromatic rings. The topological polar surface area (TPSA) is 24.9 Å². The molecule has 2 atom stereocenters. The molecule has 354 valence electrons. The highest BCUT2D eigenvalue weighted by atomic mass is 16.5. The number of anilines is 2. The van der Waals surface area contributed by atoms with E-state index in [0.717, 1.165) is 35.7 Å². The molecular weight excluding hydrogens is 829 g/mol. The fourth-order valence-electron chi connectivity index (χ4n) is 10.9. The SMILES string of the molecule is CCCCCCCCCCc1ccc(N2C3=CC(c4ccccc4)(c4ccc(OC)cc4)N(c4ccc(CCCCCCCCCC)cc4)C3=CC2(c2ccccc2)c2ccc(OC)cc2)cc1. The Hall–Kier alpha value is -6.00. The minimum absolute atomic E-state index is 0.689. The summed E-state index contributed by atoms with van der Waals surface area (Å²) in [5, 5.41) is 0. The van der Waals surface area contributed by atoms with Crippen LogP contribution in [0.25, 0.3) is 0 Å². The Kier molecular flexibility index (Phi) is 17.0. The van der Waals surface area contributed by atoms with Crippen LogP contribution in [0.1, 0.15) is 150 Å². The summed E-state index contributed by atoms with van der Waals surface area (Å²) in [4.78, 5) is 5.24. The van der Waals surface area contributed by atoms with Gasteiger partial charge in [0.15, 0.2) is 0 Å². The van der Waals surface area contributed by atoms with Crippen molar-refractivity contribution in [2.45, 2.75) is 141 Å². The van der Waals surface area contributed by atoms with E-state index in [1.807, 2.05) is 0 Å². The van der Waals surface area contributed by atoms with Gasteiger partial charge in [-0.1, -0.05) is 213 Å². The third-order valence-corrected chi connectivity index (χ3v) is 14.7. The van der Waals surface area contributed by atoms with Crippen LogP contribution in [-0.2, 0) is 23.9 Å². The first-order valence-electron chi connectivity index (χ1n) is 26.2. The van der Waals surface area contributed by atoms with E-state index in [0.29, 0.717) is 0 Å². The van der Waals surface area contributed by atoms with E-state index in [2.05, 4.69) is 194 Å². The predicted molar refractivity (Wildman–Crippen MR) is 287 cm³/mol. The average Bonchev–Trinajstić information content (AvgIpc) is 3.91. The predicted octanol–water partition coefficient (Wildman–Crippen LogP) is 17.1. The molecule has 2 aliphatic heterocycles. The molecule has 0 N–H and O–H groups in total. The molecule has 0 aliphatic carbocycles. The molecule has 68 heavy (non-hydrogen) atoms. The van der Waals surface area contributed by atoms with Crippen LogP contribution in [0, 0.1) is 0 Å². The fourth-order valence-corrected chi connectivity index (χ4v) is 10.9. The summed E-state index contributed by atoms with van der Waals surface area (Å²) in [6, 6.07) is 58.7. The highest BCUT2D eigenvalue weighted by molar-refractivity contribution is 5.82. The molecule has 0 saturated heterocycles. The van der Waals surface area contributed by atoms with Crippen LogP contribution in [0.2, 0.25) is 0 Å². The van der Waals surface area contributed by atoms with Crippen LogP contribution in [0.15, 0.2) is 181 Å². The quantitative estimate of drug-likeness (QED) is 0.0506. The van der Waals surface area contributed by atoms with Crippen molar-refractivity contribution in [2.75, 3.05) is 24.0 Å². The first kappa shape index (κ1) is 48.5. The average molecular weight is 905 g/mol. The van der Waals surface area contributed by atoms with Crippen molar-refractivity contribution in [1.82, 2.24) is 0 Å². The molecule has 0 amide bonds. The Morgan fingerprint density at radius 2 is 0.647 bits per heavy atom. The minimum Gasteiger partial charge on any atom is -0.497 e. The second kappa shape index (κ2) is 23.8. The molecule has 4 nitrogen and oxygen atoms in total. The van der Waals surface area contributed by atoms with E-state index >= 15 is 0 Å². The first-order valence-corrected chi connectivity index (χ1v) is 26.2. The molecule has 0 aromatic heterocycles. The van der Waals surface area contributed by atoms with Crippen molar-refractivity contribution in [3.05, 3.63) is 215 Å².